The van der Waals surface area contributed by atoms with Crippen molar-refractivity contribution in [2.75, 3.05) is 6.61 Å². The lowest BCUT2D eigenvalue weighted by Crippen LogP contribution is -2.30. The van der Waals surface area contributed by atoms with Gasteiger partial charge in [0.2, 0.25) is 0 Å². The third kappa shape index (κ3) is 3.97. The lowest BCUT2D eigenvalue weighted by atomic mass is 9.73. The number of aromatic nitrogens is 2. The lowest BCUT2D eigenvalue weighted by molar-refractivity contribution is 0.152. The Balaban J connectivity index is 2.07. The Labute approximate surface area is 173 Å². The van der Waals surface area contributed by atoms with Crippen LogP contribution in [0, 0.1) is 12.8 Å². The number of hydrogen-bond acceptors (Lipinski definition) is 4. The van der Waals surface area contributed by atoms with Crippen molar-refractivity contribution >= 4 is 0 Å². The van der Waals surface area contributed by atoms with Gasteiger partial charge in [0.25, 0.3) is 0 Å². The molecule has 0 amide bonds. The van der Waals surface area contributed by atoms with Crippen LogP contribution in [0.25, 0.3) is 11.1 Å². The number of rotatable bonds is 5. The molecule has 0 fully saturated rings. The summed E-state index contributed by atoms with van der Waals surface area (Å²) >= 11 is 0. The highest BCUT2D eigenvalue weighted by Crippen LogP contribution is 2.47. The summed E-state index contributed by atoms with van der Waals surface area (Å²) in [5.74, 6) is 0.259. The van der Waals surface area contributed by atoms with Gasteiger partial charge in [0, 0.05) is 23.2 Å². The molecule has 0 radical (unpaired) electrons. The van der Waals surface area contributed by atoms with Gasteiger partial charge in [-0.2, -0.15) is 5.10 Å². The first-order valence-electron chi connectivity index (χ1n) is 10.1. The number of aryl methyl sites for hydroxylation is 1. The van der Waals surface area contributed by atoms with Crippen LogP contribution in [0.15, 0.2) is 42.1 Å². The molecule has 5 nitrogen and oxygen atoms in total. The fourth-order valence-corrected chi connectivity index (χ4v) is 4.15. The Morgan fingerprint density at radius 3 is 2.41 bits per heavy atom. The number of aliphatic hydroxyl groups excluding tert-OH is 1. The first-order chi connectivity index (χ1) is 13.5. The molecule has 0 spiro atoms. The molecule has 0 unspecified atom stereocenters. The molecule has 1 aromatic carbocycles. The van der Waals surface area contributed by atoms with Crippen molar-refractivity contribution < 1.29 is 15.3 Å². The van der Waals surface area contributed by atoms with Crippen LogP contribution in [0.5, 0.6) is 11.5 Å². The maximum absolute atomic E-state index is 10.9. The van der Waals surface area contributed by atoms with Crippen molar-refractivity contribution in [1.29, 1.82) is 0 Å². The van der Waals surface area contributed by atoms with Gasteiger partial charge in [-0.3, -0.25) is 4.68 Å². The predicted molar refractivity (Wildman–Crippen MR) is 116 cm³/mol. The molecule has 5 heteroatoms. The van der Waals surface area contributed by atoms with Gasteiger partial charge in [0.05, 0.1) is 17.8 Å². The molecule has 3 rings (SSSR count). The van der Waals surface area contributed by atoms with Crippen LogP contribution < -0.4 is 0 Å². The SMILES string of the molecule is C=C(C)[C@@H]1CCC(C)=C[C@H]1c1c(O)cc(-c2cn(C(C)(C)CO)nc2C)cc1O. The van der Waals surface area contributed by atoms with Crippen molar-refractivity contribution in [3.05, 3.63) is 53.4 Å². The minimum atomic E-state index is -0.536. The highest BCUT2D eigenvalue weighted by atomic mass is 16.3. The van der Waals surface area contributed by atoms with Crippen LogP contribution in [0.2, 0.25) is 0 Å². The van der Waals surface area contributed by atoms with Crippen molar-refractivity contribution in [1.82, 2.24) is 9.78 Å². The highest BCUT2D eigenvalue weighted by molar-refractivity contribution is 5.71. The Hall–Kier alpha value is -2.53. The molecule has 2 aromatic rings. The summed E-state index contributed by atoms with van der Waals surface area (Å²) in [6, 6.07) is 3.39. The third-order valence-electron chi connectivity index (χ3n) is 6.07. The van der Waals surface area contributed by atoms with Crippen molar-refractivity contribution in [3.8, 4) is 22.6 Å². The minimum Gasteiger partial charge on any atom is -0.507 e. The number of benzene rings is 1. The van der Waals surface area contributed by atoms with E-state index in [4.69, 9.17) is 0 Å². The molecule has 3 N–H and O–H groups in total. The van der Waals surface area contributed by atoms with Crippen LogP contribution in [0.1, 0.15) is 57.7 Å². The van der Waals surface area contributed by atoms with Crippen molar-refractivity contribution in [2.24, 2.45) is 5.92 Å². The molecule has 2 atom stereocenters. The standard InChI is InChI=1S/C24H32N2O3/c1-14(2)18-8-7-15(3)9-19(18)23-21(28)10-17(11-22(23)29)20-12-26(25-16(20)4)24(5,6)13-27/h9-12,18-19,27-29H,1,7-8,13H2,2-6H3/t18-,19+/m0/s1. The van der Waals surface area contributed by atoms with E-state index in [0.717, 1.165) is 29.7 Å². The largest absolute Gasteiger partial charge is 0.507 e. The summed E-state index contributed by atoms with van der Waals surface area (Å²) in [4.78, 5) is 0. The fraction of sp³-hybridized carbons (Fsp3) is 0.458. The molecule has 29 heavy (non-hydrogen) atoms. The molecular weight excluding hydrogens is 364 g/mol. The summed E-state index contributed by atoms with van der Waals surface area (Å²) in [7, 11) is 0. The molecule has 1 aliphatic rings. The monoisotopic (exact) mass is 396 g/mol. The Bertz CT molecular complexity index is 945. The predicted octanol–water partition coefficient (Wildman–Crippen LogP) is 5.01. The lowest BCUT2D eigenvalue weighted by Gasteiger charge is -2.31. The van der Waals surface area contributed by atoms with Crippen molar-refractivity contribution in [2.45, 2.75) is 58.9 Å². The maximum Gasteiger partial charge on any atom is 0.123 e. The smallest absolute Gasteiger partial charge is 0.123 e. The maximum atomic E-state index is 10.9. The van der Waals surface area contributed by atoms with Crippen LogP contribution in [-0.4, -0.2) is 31.7 Å². The first-order valence-corrected chi connectivity index (χ1v) is 10.1. The molecule has 1 aromatic heterocycles. The second kappa shape index (κ2) is 7.71. The van der Waals surface area contributed by atoms with E-state index in [1.54, 1.807) is 16.8 Å². The Morgan fingerprint density at radius 1 is 1.24 bits per heavy atom. The zero-order valence-corrected chi connectivity index (χ0v) is 18.0. The Kier molecular flexibility index (Phi) is 5.63. The number of aromatic hydroxyl groups is 2. The molecule has 0 bridgehead atoms. The van der Waals surface area contributed by atoms with E-state index in [1.165, 1.54) is 5.57 Å². The molecule has 0 saturated carbocycles. The van der Waals surface area contributed by atoms with Gasteiger partial charge in [-0.15, -0.1) is 0 Å². The third-order valence-corrected chi connectivity index (χ3v) is 6.07. The van der Waals surface area contributed by atoms with Crippen LogP contribution in [0.3, 0.4) is 0 Å². The van der Waals surface area contributed by atoms with Gasteiger partial charge in [0.1, 0.15) is 11.5 Å². The van der Waals surface area contributed by atoms with Gasteiger partial charge in [-0.25, -0.2) is 0 Å². The van der Waals surface area contributed by atoms with Crippen molar-refractivity contribution in [3.63, 3.8) is 0 Å². The number of allylic oxidation sites excluding steroid dienone is 3. The van der Waals surface area contributed by atoms with E-state index in [2.05, 4.69) is 24.7 Å². The van der Waals surface area contributed by atoms with E-state index in [0.29, 0.717) is 11.1 Å². The van der Waals surface area contributed by atoms with E-state index in [-0.39, 0.29) is 29.9 Å². The molecule has 1 aliphatic carbocycles. The summed E-state index contributed by atoms with van der Waals surface area (Å²) in [5.41, 5.74) is 4.63. The van der Waals surface area contributed by atoms with E-state index in [9.17, 15) is 15.3 Å². The number of aliphatic hydroxyl groups is 1. The number of phenolic OH excluding ortho intramolecular Hbond substituents is 2. The van der Waals surface area contributed by atoms with Gasteiger partial charge in [-0.05, 0) is 71.1 Å². The van der Waals surface area contributed by atoms with Crippen LogP contribution >= 0.6 is 0 Å². The molecule has 0 saturated heterocycles. The minimum absolute atomic E-state index is 0.0430. The topological polar surface area (TPSA) is 78.5 Å². The van der Waals surface area contributed by atoms with E-state index >= 15 is 0 Å². The number of phenols is 2. The zero-order valence-electron chi connectivity index (χ0n) is 18.0. The molecule has 0 aliphatic heterocycles. The number of hydrogen-bond donors (Lipinski definition) is 3. The van der Waals surface area contributed by atoms with E-state index in [1.807, 2.05) is 33.9 Å². The van der Waals surface area contributed by atoms with Gasteiger partial charge < -0.3 is 15.3 Å². The van der Waals surface area contributed by atoms with Crippen LogP contribution in [-0.2, 0) is 5.54 Å². The fourth-order valence-electron chi connectivity index (χ4n) is 4.15. The zero-order chi connectivity index (χ0) is 21.5. The van der Waals surface area contributed by atoms with Gasteiger partial charge in [0.15, 0.2) is 0 Å². The Morgan fingerprint density at radius 2 is 1.86 bits per heavy atom. The average molecular weight is 397 g/mol. The quantitative estimate of drug-likeness (QED) is 0.621. The second-order valence-corrected chi connectivity index (χ2v) is 9.00. The normalized spacial score (nSPS) is 19.9. The highest BCUT2D eigenvalue weighted by Gasteiger charge is 2.30. The van der Waals surface area contributed by atoms with Gasteiger partial charge in [-0.1, -0.05) is 23.8 Å². The summed E-state index contributed by atoms with van der Waals surface area (Å²) < 4.78 is 1.73. The second-order valence-electron chi connectivity index (χ2n) is 9.00. The summed E-state index contributed by atoms with van der Waals surface area (Å²) in [5, 5.41) is 35.9. The average Bonchev–Trinajstić information content (AvgIpc) is 3.03. The molecule has 156 valence electrons. The van der Waals surface area contributed by atoms with Crippen LogP contribution in [0.4, 0.5) is 0 Å². The summed E-state index contributed by atoms with van der Waals surface area (Å²) in [6.45, 7) is 13.9. The molecular formula is C24H32N2O3. The molecule has 1 heterocycles. The van der Waals surface area contributed by atoms with Gasteiger partial charge >= 0.3 is 0 Å². The van der Waals surface area contributed by atoms with E-state index < -0.39 is 5.54 Å². The summed E-state index contributed by atoms with van der Waals surface area (Å²) in [6.07, 6.45) is 5.96. The first kappa shape index (κ1) is 21.2. The number of nitrogens with zero attached hydrogens (tertiary/aromatic N) is 2.